The van der Waals surface area contributed by atoms with Crippen LogP contribution in [0.4, 0.5) is 4.79 Å². The summed E-state index contributed by atoms with van der Waals surface area (Å²) in [5, 5.41) is 2.43. The van der Waals surface area contributed by atoms with Crippen molar-refractivity contribution in [3.63, 3.8) is 0 Å². The summed E-state index contributed by atoms with van der Waals surface area (Å²) in [6.07, 6.45) is 1.60. The maximum Gasteiger partial charge on any atom is 0.407 e. The Morgan fingerprint density at radius 2 is 2.00 bits per heavy atom. The van der Waals surface area contributed by atoms with E-state index in [0.717, 1.165) is 0 Å². The molecule has 96 valence electrons. The maximum atomic E-state index is 11.2. The number of ether oxygens (including phenoxy) is 2. The Labute approximate surface area is 101 Å². The number of carbonyl (C=O) groups is 2. The third-order valence-electron chi connectivity index (χ3n) is 1.34. The van der Waals surface area contributed by atoms with Crippen molar-refractivity contribution in [3.05, 3.63) is 0 Å². The Hall–Kier alpha value is -1.74. The second kappa shape index (κ2) is 7.52. The minimum absolute atomic E-state index is 0.0263. The van der Waals surface area contributed by atoms with Gasteiger partial charge in [0, 0.05) is 6.54 Å². The summed E-state index contributed by atoms with van der Waals surface area (Å²) in [6, 6.07) is 0. The molecule has 0 fully saturated rings. The van der Waals surface area contributed by atoms with E-state index in [0.29, 0.717) is 0 Å². The molecule has 0 rings (SSSR count). The van der Waals surface area contributed by atoms with Crippen molar-refractivity contribution in [1.29, 1.82) is 0 Å². The number of hydrogen-bond acceptors (Lipinski definition) is 5. The smallest absolute Gasteiger partial charge is 0.407 e. The van der Waals surface area contributed by atoms with E-state index in [2.05, 4.69) is 22.1 Å². The highest BCUT2D eigenvalue weighted by Gasteiger charge is 2.15. The lowest BCUT2D eigenvalue weighted by Crippen LogP contribution is -2.33. The zero-order chi connectivity index (χ0) is 13.3. The van der Waals surface area contributed by atoms with Crippen molar-refractivity contribution >= 4 is 12.1 Å². The molecule has 0 aromatic heterocycles. The quantitative estimate of drug-likeness (QED) is 0.551. The lowest BCUT2D eigenvalue weighted by atomic mass is 10.2. The van der Waals surface area contributed by atoms with E-state index in [-0.39, 0.29) is 19.5 Å². The molecule has 6 heteroatoms. The highest BCUT2D eigenvalue weighted by molar-refractivity contribution is 5.72. The highest BCUT2D eigenvalue weighted by atomic mass is 16.6. The minimum atomic E-state index is -0.571. The second-order valence-electron chi connectivity index (χ2n) is 4.14. The van der Waals surface area contributed by atoms with Gasteiger partial charge in [-0.2, -0.15) is 0 Å². The number of carbonyl (C=O) groups excluding carboxylic acids is 2. The van der Waals surface area contributed by atoms with E-state index in [9.17, 15) is 9.59 Å². The Balaban J connectivity index is 3.70. The van der Waals surface area contributed by atoms with Gasteiger partial charge < -0.3 is 20.5 Å². The summed E-state index contributed by atoms with van der Waals surface area (Å²) in [6.45, 7) is 5.53. The molecule has 6 nitrogen and oxygen atoms in total. The summed E-state index contributed by atoms with van der Waals surface area (Å²) in [4.78, 5) is 22.2. The van der Waals surface area contributed by atoms with Crippen molar-refractivity contribution in [2.75, 3.05) is 13.1 Å². The zero-order valence-corrected chi connectivity index (χ0v) is 10.3. The van der Waals surface area contributed by atoms with Gasteiger partial charge in [0.25, 0.3) is 0 Å². The molecule has 0 atom stereocenters. The molecule has 3 N–H and O–H groups in total. The molecule has 0 aliphatic rings. The van der Waals surface area contributed by atoms with Crippen LogP contribution in [0, 0.1) is 12.0 Å². The van der Waals surface area contributed by atoms with Crippen LogP contribution in [-0.4, -0.2) is 30.8 Å². The summed E-state index contributed by atoms with van der Waals surface area (Å²) in [7, 11) is 0. The molecular weight excluding hydrogens is 224 g/mol. The molecule has 0 bridgehead atoms. The molecule has 17 heavy (non-hydrogen) atoms. The highest BCUT2D eigenvalue weighted by Crippen LogP contribution is 2.06. The largest absolute Gasteiger partial charge is 0.444 e. The van der Waals surface area contributed by atoms with Gasteiger partial charge in [-0.05, 0) is 26.7 Å². The molecule has 0 saturated heterocycles. The Kier molecular flexibility index (Phi) is 6.75. The van der Waals surface area contributed by atoms with Crippen molar-refractivity contribution < 1.29 is 19.1 Å². The van der Waals surface area contributed by atoms with Crippen molar-refractivity contribution in [1.82, 2.24) is 5.32 Å². The molecule has 0 aromatic rings. The van der Waals surface area contributed by atoms with Gasteiger partial charge in [0.2, 0.25) is 0 Å². The Bertz CT molecular complexity index is 323. The standard InChI is InChI=1S/C11H18N2O4/c1-11(2,3)17-10(15)13-7-5-9(14)16-8-4-6-12/h5-7,12H2,1-3H3,(H,13,15). The molecule has 0 spiro atoms. The molecule has 0 heterocycles. The number of nitrogens with two attached hydrogens (primary N) is 1. The van der Waals surface area contributed by atoms with Gasteiger partial charge in [0.1, 0.15) is 11.7 Å². The van der Waals surface area contributed by atoms with Crippen molar-refractivity contribution in [2.24, 2.45) is 5.73 Å². The lowest BCUT2D eigenvalue weighted by Gasteiger charge is -2.19. The number of rotatable bonds is 3. The first-order valence-electron chi connectivity index (χ1n) is 5.19. The lowest BCUT2D eigenvalue weighted by molar-refractivity contribution is -0.136. The first-order chi connectivity index (χ1) is 7.85. The first-order valence-corrected chi connectivity index (χ1v) is 5.19. The number of nitrogens with one attached hydrogen (secondary N) is 1. The Morgan fingerprint density at radius 1 is 1.35 bits per heavy atom. The molecule has 0 saturated carbocycles. The average molecular weight is 242 g/mol. The van der Waals surface area contributed by atoms with E-state index in [1.807, 2.05) is 0 Å². The van der Waals surface area contributed by atoms with Crippen LogP contribution in [0.2, 0.25) is 0 Å². The third-order valence-corrected chi connectivity index (χ3v) is 1.34. The summed E-state index contributed by atoms with van der Waals surface area (Å²) >= 11 is 0. The summed E-state index contributed by atoms with van der Waals surface area (Å²) in [5.41, 5.74) is 4.52. The fourth-order valence-corrected chi connectivity index (χ4v) is 0.767. The SMILES string of the molecule is CC(C)(C)OC(=O)NCCC(=O)OC#CCN. The minimum Gasteiger partial charge on any atom is -0.444 e. The monoisotopic (exact) mass is 242 g/mol. The van der Waals surface area contributed by atoms with Crippen LogP contribution in [-0.2, 0) is 14.3 Å². The van der Waals surface area contributed by atoms with Gasteiger partial charge in [0.15, 0.2) is 0 Å². The van der Waals surface area contributed by atoms with Crippen LogP contribution in [0.25, 0.3) is 0 Å². The van der Waals surface area contributed by atoms with Crippen LogP contribution in [0.3, 0.4) is 0 Å². The van der Waals surface area contributed by atoms with Gasteiger partial charge >= 0.3 is 12.1 Å². The number of alkyl carbamates (subject to hydrolysis) is 1. The van der Waals surface area contributed by atoms with Crippen molar-refractivity contribution in [3.8, 4) is 12.0 Å². The Morgan fingerprint density at radius 3 is 2.53 bits per heavy atom. The average Bonchev–Trinajstić information content (AvgIpc) is 2.15. The van der Waals surface area contributed by atoms with Gasteiger partial charge in [-0.1, -0.05) is 0 Å². The molecule has 1 amide bonds. The third kappa shape index (κ3) is 10.5. The van der Waals surface area contributed by atoms with E-state index < -0.39 is 17.7 Å². The van der Waals surface area contributed by atoms with E-state index >= 15 is 0 Å². The number of hydrogen-bond donors (Lipinski definition) is 2. The normalized spacial score (nSPS) is 9.88. The van der Waals surface area contributed by atoms with Crippen molar-refractivity contribution in [2.45, 2.75) is 32.8 Å². The molecule has 0 aliphatic carbocycles. The fourth-order valence-electron chi connectivity index (χ4n) is 0.767. The van der Waals surface area contributed by atoms with Crippen LogP contribution >= 0.6 is 0 Å². The predicted octanol–water partition coefficient (Wildman–Crippen LogP) is 0.364. The maximum absolute atomic E-state index is 11.2. The molecule has 0 unspecified atom stereocenters. The van der Waals surface area contributed by atoms with E-state index in [1.54, 1.807) is 20.8 Å². The topological polar surface area (TPSA) is 90.6 Å². The predicted molar refractivity (Wildman–Crippen MR) is 61.8 cm³/mol. The molecule has 0 aliphatic heterocycles. The van der Waals surface area contributed by atoms with E-state index in [1.165, 1.54) is 0 Å². The number of amides is 1. The van der Waals surface area contributed by atoms with Gasteiger partial charge in [-0.3, -0.25) is 4.79 Å². The van der Waals surface area contributed by atoms with Gasteiger partial charge in [0.05, 0.1) is 13.0 Å². The van der Waals surface area contributed by atoms with Crippen LogP contribution < -0.4 is 11.1 Å². The van der Waals surface area contributed by atoms with Crippen LogP contribution in [0.15, 0.2) is 0 Å². The summed E-state index contributed by atoms with van der Waals surface area (Å²) in [5.74, 6) is 1.86. The summed E-state index contributed by atoms with van der Waals surface area (Å²) < 4.78 is 9.46. The van der Waals surface area contributed by atoms with E-state index in [4.69, 9.17) is 10.5 Å². The van der Waals surface area contributed by atoms with Crippen LogP contribution in [0.1, 0.15) is 27.2 Å². The van der Waals surface area contributed by atoms with Gasteiger partial charge in [-0.25, -0.2) is 4.79 Å². The van der Waals surface area contributed by atoms with Gasteiger partial charge in [-0.15, -0.1) is 0 Å². The molecular formula is C11H18N2O4. The zero-order valence-electron chi connectivity index (χ0n) is 10.3. The molecule has 0 aromatic carbocycles. The second-order valence-corrected chi connectivity index (χ2v) is 4.14. The fraction of sp³-hybridized carbons (Fsp3) is 0.636. The van der Waals surface area contributed by atoms with Crippen LogP contribution in [0.5, 0.6) is 0 Å². The molecule has 0 radical (unpaired) electrons. The first kappa shape index (κ1) is 15.3. The number of esters is 1.